The highest BCUT2D eigenvalue weighted by Gasteiger charge is 2.07. The van der Waals surface area contributed by atoms with Crippen molar-refractivity contribution >= 4 is 27.5 Å². The quantitative estimate of drug-likeness (QED) is 0.765. The molecule has 2 aromatic carbocycles. The molecule has 0 unspecified atom stereocenters. The van der Waals surface area contributed by atoms with Crippen LogP contribution in [0.2, 0.25) is 0 Å². The molecular formula is C17H14BrN3O. The molecule has 0 aliphatic carbocycles. The van der Waals surface area contributed by atoms with Crippen molar-refractivity contribution in [3.8, 4) is 5.69 Å². The predicted molar refractivity (Wildman–Crippen MR) is 90.4 cm³/mol. The number of carbonyl (C=O) groups is 1. The molecule has 0 aliphatic heterocycles. The zero-order chi connectivity index (χ0) is 15.5. The number of hydrogen-bond acceptors (Lipinski definition) is 2. The lowest BCUT2D eigenvalue weighted by molar-refractivity contribution is 0.102. The number of rotatable bonds is 3. The second-order valence-corrected chi connectivity index (χ2v) is 5.79. The Balaban J connectivity index is 1.76. The van der Waals surface area contributed by atoms with Crippen molar-refractivity contribution in [1.82, 2.24) is 9.55 Å². The van der Waals surface area contributed by atoms with E-state index < -0.39 is 0 Å². The fourth-order valence-electron chi connectivity index (χ4n) is 2.12. The first-order valence-corrected chi connectivity index (χ1v) is 7.59. The summed E-state index contributed by atoms with van der Waals surface area (Å²) in [5.41, 5.74) is 3.44. The van der Waals surface area contributed by atoms with E-state index in [1.165, 1.54) is 0 Å². The van der Waals surface area contributed by atoms with E-state index in [9.17, 15) is 4.79 Å². The fourth-order valence-corrected chi connectivity index (χ4v) is 2.37. The van der Waals surface area contributed by atoms with E-state index in [0.29, 0.717) is 5.56 Å². The lowest BCUT2D eigenvalue weighted by atomic mass is 10.1. The van der Waals surface area contributed by atoms with Gasteiger partial charge in [-0.15, -0.1) is 0 Å². The van der Waals surface area contributed by atoms with Crippen LogP contribution in [0, 0.1) is 6.92 Å². The van der Waals surface area contributed by atoms with Crippen LogP contribution in [0.25, 0.3) is 5.69 Å². The molecule has 1 heterocycles. The molecule has 5 heteroatoms. The Hall–Kier alpha value is -2.40. The molecule has 1 N–H and O–H groups in total. The number of carbonyl (C=O) groups excluding carboxylic acids is 1. The van der Waals surface area contributed by atoms with E-state index in [4.69, 9.17) is 0 Å². The van der Waals surface area contributed by atoms with Crippen molar-refractivity contribution < 1.29 is 4.79 Å². The molecule has 0 spiro atoms. The number of nitrogens with zero attached hydrogens (tertiary/aromatic N) is 2. The number of amides is 1. The Morgan fingerprint density at radius 3 is 2.59 bits per heavy atom. The molecule has 0 saturated carbocycles. The number of halogens is 1. The summed E-state index contributed by atoms with van der Waals surface area (Å²) >= 11 is 3.45. The number of nitrogens with one attached hydrogen (secondary N) is 1. The zero-order valence-electron chi connectivity index (χ0n) is 12.0. The fraction of sp³-hybridized carbons (Fsp3) is 0.0588. The third-order valence-electron chi connectivity index (χ3n) is 3.35. The normalized spacial score (nSPS) is 10.5. The van der Waals surface area contributed by atoms with E-state index in [1.54, 1.807) is 24.7 Å². The molecule has 3 rings (SSSR count). The van der Waals surface area contributed by atoms with Gasteiger partial charge in [0, 0.05) is 33.8 Å². The van der Waals surface area contributed by atoms with Gasteiger partial charge in [-0.2, -0.15) is 0 Å². The van der Waals surface area contributed by atoms with Crippen molar-refractivity contribution in [2.45, 2.75) is 6.92 Å². The van der Waals surface area contributed by atoms with Gasteiger partial charge in [0.15, 0.2) is 0 Å². The maximum Gasteiger partial charge on any atom is 0.255 e. The summed E-state index contributed by atoms with van der Waals surface area (Å²) in [5, 5.41) is 2.90. The average molecular weight is 356 g/mol. The van der Waals surface area contributed by atoms with Gasteiger partial charge in [0.1, 0.15) is 0 Å². The van der Waals surface area contributed by atoms with E-state index in [1.807, 2.05) is 48.0 Å². The monoisotopic (exact) mass is 355 g/mol. The van der Waals surface area contributed by atoms with Crippen molar-refractivity contribution in [3.05, 3.63) is 76.8 Å². The van der Waals surface area contributed by atoms with Gasteiger partial charge in [0.25, 0.3) is 5.91 Å². The molecule has 0 fully saturated rings. The number of benzene rings is 2. The van der Waals surface area contributed by atoms with Crippen molar-refractivity contribution in [3.63, 3.8) is 0 Å². The number of hydrogen-bond donors (Lipinski definition) is 1. The van der Waals surface area contributed by atoms with Gasteiger partial charge in [0.05, 0.1) is 6.33 Å². The molecule has 110 valence electrons. The van der Waals surface area contributed by atoms with Crippen molar-refractivity contribution in [1.29, 1.82) is 0 Å². The van der Waals surface area contributed by atoms with Gasteiger partial charge < -0.3 is 9.88 Å². The maximum atomic E-state index is 12.3. The van der Waals surface area contributed by atoms with Crippen LogP contribution < -0.4 is 5.32 Å². The lowest BCUT2D eigenvalue weighted by Crippen LogP contribution is -2.12. The summed E-state index contributed by atoms with van der Waals surface area (Å²) < 4.78 is 2.91. The van der Waals surface area contributed by atoms with Gasteiger partial charge in [-0.1, -0.05) is 15.9 Å². The van der Waals surface area contributed by atoms with Crippen LogP contribution in [-0.4, -0.2) is 15.5 Å². The molecule has 1 amide bonds. The molecule has 22 heavy (non-hydrogen) atoms. The smallest absolute Gasteiger partial charge is 0.255 e. The molecule has 0 atom stereocenters. The van der Waals surface area contributed by atoms with Crippen LogP contribution in [-0.2, 0) is 0 Å². The van der Waals surface area contributed by atoms with Crippen LogP contribution >= 0.6 is 15.9 Å². The van der Waals surface area contributed by atoms with Gasteiger partial charge >= 0.3 is 0 Å². The number of aromatic nitrogens is 2. The first kappa shape index (κ1) is 14.5. The lowest BCUT2D eigenvalue weighted by Gasteiger charge is -2.08. The van der Waals surface area contributed by atoms with Crippen LogP contribution in [0.1, 0.15) is 15.9 Å². The second-order valence-electron chi connectivity index (χ2n) is 4.93. The third kappa shape index (κ3) is 3.09. The summed E-state index contributed by atoms with van der Waals surface area (Å²) in [5.74, 6) is -0.126. The molecule has 4 nitrogen and oxygen atoms in total. The molecule has 0 aliphatic rings. The second kappa shape index (κ2) is 6.15. The van der Waals surface area contributed by atoms with Gasteiger partial charge in [-0.25, -0.2) is 4.98 Å². The maximum absolute atomic E-state index is 12.3. The first-order chi connectivity index (χ1) is 10.6. The minimum atomic E-state index is -0.126. The number of anilines is 1. The SMILES string of the molecule is Cc1cc(NC(=O)c2ccc(-n3ccnc3)cc2)ccc1Br. The summed E-state index contributed by atoms with van der Waals surface area (Å²) in [4.78, 5) is 16.3. The first-order valence-electron chi connectivity index (χ1n) is 6.79. The van der Waals surface area contributed by atoms with Gasteiger partial charge in [-0.05, 0) is 55.0 Å². The summed E-state index contributed by atoms with van der Waals surface area (Å²) in [7, 11) is 0. The molecular weight excluding hydrogens is 342 g/mol. The standard InChI is InChI=1S/C17H14BrN3O/c1-12-10-14(4-7-16(12)18)20-17(22)13-2-5-15(6-3-13)21-9-8-19-11-21/h2-11H,1H3,(H,20,22). The number of imidazole rings is 1. The predicted octanol–water partition coefficient (Wildman–Crippen LogP) is 4.20. The summed E-state index contributed by atoms with van der Waals surface area (Å²) in [6, 6.07) is 13.1. The highest BCUT2D eigenvalue weighted by Crippen LogP contribution is 2.20. The van der Waals surface area contributed by atoms with E-state index in [-0.39, 0.29) is 5.91 Å². The van der Waals surface area contributed by atoms with Crippen LogP contribution in [0.4, 0.5) is 5.69 Å². The van der Waals surface area contributed by atoms with E-state index in [2.05, 4.69) is 26.2 Å². The van der Waals surface area contributed by atoms with Gasteiger partial charge in [0.2, 0.25) is 0 Å². The van der Waals surface area contributed by atoms with E-state index in [0.717, 1.165) is 21.4 Å². The number of aryl methyl sites for hydroxylation is 1. The van der Waals surface area contributed by atoms with Crippen LogP contribution in [0.15, 0.2) is 65.7 Å². The third-order valence-corrected chi connectivity index (χ3v) is 4.24. The Bertz CT molecular complexity index is 795. The van der Waals surface area contributed by atoms with Crippen molar-refractivity contribution in [2.24, 2.45) is 0 Å². The Labute approximate surface area is 136 Å². The molecule has 3 aromatic rings. The van der Waals surface area contributed by atoms with Gasteiger partial charge in [-0.3, -0.25) is 4.79 Å². The van der Waals surface area contributed by atoms with Crippen LogP contribution in [0.3, 0.4) is 0 Å². The topological polar surface area (TPSA) is 46.9 Å². The highest BCUT2D eigenvalue weighted by molar-refractivity contribution is 9.10. The van der Waals surface area contributed by atoms with Crippen LogP contribution in [0.5, 0.6) is 0 Å². The molecule has 1 aromatic heterocycles. The Morgan fingerprint density at radius 2 is 1.95 bits per heavy atom. The van der Waals surface area contributed by atoms with E-state index >= 15 is 0 Å². The molecule has 0 saturated heterocycles. The zero-order valence-corrected chi connectivity index (χ0v) is 13.5. The minimum absolute atomic E-state index is 0.126. The Kier molecular flexibility index (Phi) is 4.06. The summed E-state index contributed by atoms with van der Waals surface area (Å²) in [6.45, 7) is 1.99. The largest absolute Gasteiger partial charge is 0.322 e. The van der Waals surface area contributed by atoms with Crippen molar-refractivity contribution in [2.75, 3.05) is 5.32 Å². The minimum Gasteiger partial charge on any atom is -0.322 e. The Morgan fingerprint density at radius 1 is 1.18 bits per heavy atom. The average Bonchev–Trinajstić information content (AvgIpc) is 3.05. The highest BCUT2D eigenvalue weighted by atomic mass is 79.9. The molecule has 0 radical (unpaired) electrons. The molecule has 0 bridgehead atoms. The summed E-state index contributed by atoms with van der Waals surface area (Å²) in [6.07, 6.45) is 5.30.